The van der Waals surface area contributed by atoms with Gasteiger partial charge in [-0.15, -0.1) is 0 Å². The van der Waals surface area contributed by atoms with E-state index in [0.29, 0.717) is 6.42 Å². The van der Waals surface area contributed by atoms with Gasteiger partial charge in [0.1, 0.15) is 19.0 Å². The summed E-state index contributed by atoms with van der Waals surface area (Å²) < 4.78 is 24.7. The van der Waals surface area contributed by atoms with Crippen LogP contribution in [0, 0.1) is 17.7 Å². The van der Waals surface area contributed by atoms with E-state index in [-0.39, 0.29) is 19.0 Å². The second-order valence-corrected chi connectivity index (χ2v) is 8.37. The molecule has 0 amide bonds. The van der Waals surface area contributed by atoms with E-state index in [0.717, 1.165) is 35.1 Å². The predicted molar refractivity (Wildman–Crippen MR) is 128 cm³/mol. The average molecular weight is 459 g/mol. The fourth-order valence-electron chi connectivity index (χ4n) is 4.28. The van der Waals surface area contributed by atoms with Gasteiger partial charge in [-0.1, -0.05) is 78.9 Å². The van der Waals surface area contributed by atoms with Gasteiger partial charge in [0.05, 0.1) is 0 Å². The van der Waals surface area contributed by atoms with Gasteiger partial charge in [-0.2, -0.15) is 0 Å². The minimum Gasteiger partial charge on any atom is -0.460 e. The number of carbonyl (C=O) groups excluding carboxylic acids is 2. The summed E-state index contributed by atoms with van der Waals surface area (Å²) in [5.41, 5.74) is 3.32. The number of hydrogen-bond donors (Lipinski definition) is 0. The van der Waals surface area contributed by atoms with Gasteiger partial charge in [0.2, 0.25) is 0 Å². The monoisotopic (exact) mass is 458 g/mol. The molecule has 34 heavy (non-hydrogen) atoms. The van der Waals surface area contributed by atoms with Crippen molar-refractivity contribution in [1.29, 1.82) is 0 Å². The first-order valence-corrected chi connectivity index (χ1v) is 11.5. The smallest absolute Gasteiger partial charge is 0.321 e. The molecule has 1 atom stereocenters. The first kappa shape index (κ1) is 23.4. The Morgan fingerprint density at radius 2 is 1.32 bits per heavy atom. The molecule has 0 fully saturated rings. The average Bonchev–Trinajstić information content (AvgIpc) is 2.88. The van der Waals surface area contributed by atoms with Crippen molar-refractivity contribution in [2.45, 2.75) is 32.5 Å². The summed E-state index contributed by atoms with van der Waals surface area (Å²) in [6, 6.07) is 24.8. The number of benzene rings is 3. The lowest BCUT2D eigenvalue weighted by Crippen LogP contribution is -2.35. The van der Waals surface area contributed by atoms with E-state index in [9.17, 15) is 14.0 Å². The SMILES string of the molecule is O=C(OCc1ccccc1)C(C(=O)OCc1ccccc1)C1CCCC=C1c1ccc(F)cc1. The van der Waals surface area contributed by atoms with Crippen molar-refractivity contribution in [1.82, 2.24) is 0 Å². The van der Waals surface area contributed by atoms with Crippen molar-refractivity contribution in [2.24, 2.45) is 11.8 Å². The van der Waals surface area contributed by atoms with Crippen molar-refractivity contribution in [3.05, 3.63) is 114 Å². The zero-order valence-electron chi connectivity index (χ0n) is 18.9. The van der Waals surface area contributed by atoms with Crippen molar-refractivity contribution in [2.75, 3.05) is 0 Å². The Kier molecular flexibility index (Phi) is 7.87. The molecule has 0 heterocycles. The van der Waals surface area contributed by atoms with Crippen molar-refractivity contribution < 1.29 is 23.5 Å². The van der Waals surface area contributed by atoms with Crippen LogP contribution in [0.5, 0.6) is 0 Å². The topological polar surface area (TPSA) is 52.6 Å². The van der Waals surface area contributed by atoms with Gasteiger partial charge in [0, 0.05) is 5.92 Å². The van der Waals surface area contributed by atoms with Crippen LogP contribution in [0.15, 0.2) is 91.0 Å². The third kappa shape index (κ3) is 5.98. The van der Waals surface area contributed by atoms with E-state index < -0.39 is 23.8 Å². The summed E-state index contributed by atoms with van der Waals surface area (Å²) in [5, 5.41) is 0. The highest BCUT2D eigenvalue weighted by atomic mass is 19.1. The normalized spacial score (nSPS) is 15.5. The van der Waals surface area contributed by atoms with Gasteiger partial charge in [0.25, 0.3) is 0 Å². The second-order valence-electron chi connectivity index (χ2n) is 8.37. The van der Waals surface area contributed by atoms with Gasteiger partial charge in [-0.3, -0.25) is 9.59 Å². The highest BCUT2D eigenvalue weighted by Crippen LogP contribution is 2.39. The van der Waals surface area contributed by atoms with Crippen LogP contribution in [0.2, 0.25) is 0 Å². The van der Waals surface area contributed by atoms with Crippen LogP contribution < -0.4 is 0 Å². The molecule has 1 unspecified atom stereocenters. The first-order chi connectivity index (χ1) is 16.6. The lowest BCUT2D eigenvalue weighted by molar-refractivity contribution is -0.165. The summed E-state index contributed by atoms with van der Waals surface area (Å²) in [4.78, 5) is 26.6. The number of rotatable bonds is 8. The minimum absolute atomic E-state index is 0.0739. The molecule has 4 rings (SSSR count). The fraction of sp³-hybridized carbons (Fsp3) is 0.241. The number of carbonyl (C=O) groups is 2. The zero-order chi connectivity index (χ0) is 23.8. The predicted octanol–water partition coefficient (Wildman–Crippen LogP) is 6.11. The number of esters is 2. The van der Waals surface area contributed by atoms with Gasteiger partial charge >= 0.3 is 11.9 Å². The summed E-state index contributed by atoms with van der Waals surface area (Å²) in [7, 11) is 0. The lowest BCUT2D eigenvalue weighted by atomic mass is 9.76. The third-order valence-corrected chi connectivity index (χ3v) is 6.02. The van der Waals surface area contributed by atoms with E-state index in [1.807, 2.05) is 66.7 Å². The molecule has 0 saturated heterocycles. The molecule has 4 nitrogen and oxygen atoms in total. The largest absolute Gasteiger partial charge is 0.460 e. The van der Waals surface area contributed by atoms with E-state index in [1.54, 1.807) is 12.1 Å². The molecule has 1 aliphatic carbocycles. The standard InChI is InChI=1S/C29H27FO4/c30-24-17-15-23(16-18-24)25-13-7-8-14-26(25)27(28(31)33-19-21-9-3-1-4-10-21)29(32)34-20-22-11-5-2-6-12-22/h1-6,9-13,15-18,26-27H,7-8,14,19-20H2. The van der Waals surface area contributed by atoms with Crippen LogP contribution in [0.4, 0.5) is 4.39 Å². The van der Waals surface area contributed by atoms with E-state index in [2.05, 4.69) is 0 Å². The number of allylic oxidation sites excluding steroid dienone is 2. The van der Waals surface area contributed by atoms with Gasteiger partial charge in [-0.25, -0.2) is 4.39 Å². The Morgan fingerprint density at radius 3 is 1.85 bits per heavy atom. The van der Waals surface area contributed by atoms with E-state index in [4.69, 9.17) is 9.47 Å². The summed E-state index contributed by atoms with van der Waals surface area (Å²) >= 11 is 0. The molecular weight excluding hydrogens is 431 g/mol. The highest BCUT2D eigenvalue weighted by Gasteiger charge is 2.40. The Bertz CT molecular complexity index is 1070. The van der Waals surface area contributed by atoms with Crippen LogP contribution in [0.25, 0.3) is 5.57 Å². The number of halogens is 1. The molecule has 0 aliphatic heterocycles. The molecule has 3 aromatic rings. The van der Waals surface area contributed by atoms with Crippen LogP contribution in [-0.4, -0.2) is 11.9 Å². The molecule has 0 aromatic heterocycles. The third-order valence-electron chi connectivity index (χ3n) is 6.02. The molecule has 0 spiro atoms. The van der Waals surface area contributed by atoms with Crippen molar-refractivity contribution in [3.63, 3.8) is 0 Å². The summed E-state index contributed by atoms with van der Waals surface area (Å²) in [5.74, 6) is -3.07. The quantitative estimate of drug-likeness (QED) is 0.302. The molecule has 3 aromatic carbocycles. The molecule has 0 radical (unpaired) electrons. The van der Waals surface area contributed by atoms with Gasteiger partial charge in [-0.05, 0) is 53.7 Å². The maximum Gasteiger partial charge on any atom is 0.321 e. The first-order valence-electron chi connectivity index (χ1n) is 11.5. The molecular formula is C29H27FO4. The number of hydrogen-bond acceptors (Lipinski definition) is 4. The maximum absolute atomic E-state index is 13.5. The van der Waals surface area contributed by atoms with E-state index in [1.165, 1.54) is 12.1 Å². The molecule has 0 saturated carbocycles. The second kappa shape index (κ2) is 11.4. The molecule has 174 valence electrons. The molecule has 1 aliphatic rings. The Hall–Kier alpha value is -3.73. The lowest BCUT2D eigenvalue weighted by Gasteiger charge is -2.30. The van der Waals surface area contributed by atoms with Crippen LogP contribution >= 0.6 is 0 Å². The Balaban J connectivity index is 1.57. The van der Waals surface area contributed by atoms with Gasteiger partial charge < -0.3 is 9.47 Å². The molecule has 0 N–H and O–H groups in total. The minimum atomic E-state index is -1.11. The maximum atomic E-state index is 13.5. The zero-order valence-corrected chi connectivity index (χ0v) is 18.9. The molecule has 5 heteroatoms. The van der Waals surface area contributed by atoms with Crippen LogP contribution in [-0.2, 0) is 32.3 Å². The Labute approximate surface area is 199 Å². The number of ether oxygens (including phenoxy) is 2. The highest BCUT2D eigenvalue weighted by molar-refractivity contribution is 5.97. The van der Waals surface area contributed by atoms with Crippen LogP contribution in [0.1, 0.15) is 36.0 Å². The van der Waals surface area contributed by atoms with Crippen LogP contribution in [0.3, 0.4) is 0 Å². The fourth-order valence-corrected chi connectivity index (χ4v) is 4.28. The van der Waals surface area contributed by atoms with E-state index >= 15 is 0 Å². The summed E-state index contributed by atoms with van der Waals surface area (Å²) in [6.07, 6.45) is 4.33. The summed E-state index contributed by atoms with van der Waals surface area (Å²) in [6.45, 7) is 0.148. The van der Waals surface area contributed by atoms with Gasteiger partial charge in [0.15, 0.2) is 5.92 Å². The van der Waals surface area contributed by atoms with Crippen molar-refractivity contribution in [3.8, 4) is 0 Å². The van der Waals surface area contributed by atoms with Crippen molar-refractivity contribution >= 4 is 17.5 Å². The molecule has 0 bridgehead atoms. The Morgan fingerprint density at radius 1 is 0.794 bits per heavy atom.